The Morgan fingerprint density at radius 3 is 2.34 bits per heavy atom. The third-order valence-electron chi connectivity index (χ3n) is 3.93. The molecule has 3 rings (SSSR count). The molecule has 2 aromatic carbocycles. The molecule has 0 radical (unpaired) electrons. The van der Waals surface area contributed by atoms with Gasteiger partial charge in [0.1, 0.15) is 5.75 Å². The van der Waals surface area contributed by atoms with Gasteiger partial charge in [-0.1, -0.05) is 12.1 Å². The predicted octanol–water partition coefficient (Wildman–Crippen LogP) is 3.66. The van der Waals surface area contributed by atoms with E-state index in [0.717, 1.165) is 0 Å². The summed E-state index contributed by atoms with van der Waals surface area (Å²) in [7, 11) is 1.58. The summed E-state index contributed by atoms with van der Waals surface area (Å²) in [6.45, 7) is 2.02. The molecule has 0 atom stereocenters. The number of amides is 1. The highest BCUT2D eigenvalue weighted by atomic mass is 16.5. The third-order valence-corrected chi connectivity index (χ3v) is 3.93. The van der Waals surface area contributed by atoms with E-state index in [-0.39, 0.29) is 18.5 Å². The van der Waals surface area contributed by atoms with Gasteiger partial charge in [0.15, 0.2) is 0 Å². The highest BCUT2D eigenvalue weighted by Crippen LogP contribution is 2.20. The maximum absolute atomic E-state index is 12.3. The van der Waals surface area contributed by atoms with Gasteiger partial charge in [-0.2, -0.15) is 0 Å². The second-order valence-electron chi connectivity index (χ2n) is 5.87. The van der Waals surface area contributed by atoms with Gasteiger partial charge < -0.3 is 20.1 Å². The smallest absolute Gasteiger partial charge is 0.340 e. The molecule has 0 fully saturated rings. The molecule has 3 aromatic rings. The molecule has 1 amide bonds. The van der Waals surface area contributed by atoms with Gasteiger partial charge in [0.25, 0.3) is 5.91 Å². The summed E-state index contributed by atoms with van der Waals surface area (Å²) in [5, 5.41) is 5.73. The molecule has 0 unspecified atom stereocenters. The molecule has 0 spiro atoms. The Bertz CT molecular complexity index is 988. The summed E-state index contributed by atoms with van der Waals surface area (Å²) in [6, 6.07) is 13.9. The van der Waals surface area contributed by atoms with E-state index in [0.29, 0.717) is 28.3 Å². The van der Waals surface area contributed by atoms with Gasteiger partial charge in [-0.05, 0) is 43.3 Å². The van der Waals surface area contributed by atoms with Crippen LogP contribution in [0.15, 0.2) is 60.9 Å². The zero-order valence-electron chi connectivity index (χ0n) is 16.0. The van der Waals surface area contributed by atoms with Crippen LogP contribution in [0, 0.1) is 0 Å². The number of ether oxygens (including phenoxy) is 2. The van der Waals surface area contributed by atoms with Crippen LogP contribution in [0.5, 0.6) is 5.75 Å². The maximum Gasteiger partial charge on any atom is 0.340 e. The summed E-state index contributed by atoms with van der Waals surface area (Å²) >= 11 is 0. The van der Waals surface area contributed by atoms with Gasteiger partial charge in [-0.3, -0.25) is 4.79 Å². The van der Waals surface area contributed by atoms with Gasteiger partial charge >= 0.3 is 5.97 Å². The first kappa shape index (κ1) is 19.8. The first-order valence-electron chi connectivity index (χ1n) is 8.91. The van der Waals surface area contributed by atoms with Crippen molar-refractivity contribution < 1.29 is 19.1 Å². The van der Waals surface area contributed by atoms with Crippen LogP contribution in [0.3, 0.4) is 0 Å². The van der Waals surface area contributed by atoms with Crippen LogP contribution in [0.4, 0.5) is 17.3 Å². The van der Waals surface area contributed by atoms with Crippen molar-refractivity contribution in [3.63, 3.8) is 0 Å². The first-order chi connectivity index (χ1) is 14.1. The number of carbonyl (C=O) groups excluding carboxylic acids is 2. The van der Waals surface area contributed by atoms with Gasteiger partial charge in [0.2, 0.25) is 5.95 Å². The topological polar surface area (TPSA) is 102 Å². The highest BCUT2D eigenvalue weighted by molar-refractivity contribution is 6.04. The molecule has 0 aliphatic carbocycles. The number of benzene rings is 2. The van der Waals surface area contributed by atoms with E-state index >= 15 is 0 Å². The van der Waals surface area contributed by atoms with E-state index in [2.05, 4.69) is 20.6 Å². The number of aromatic nitrogens is 2. The Labute approximate surface area is 167 Å². The Morgan fingerprint density at radius 2 is 1.69 bits per heavy atom. The SMILES string of the molecule is CCOC(=O)c1ccccc1Nc1ncc(C(=O)Nc2ccc(OC)cc2)cn1. The molecule has 8 nitrogen and oxygen atoms in total. The highest BCUT2D eigenvalue weighted by Gasteiger charge is 2.13. The summed E-state index contributed by atoms with van der Waals surface area (Å²) in [4.78, 5) is 32.7. The van der Waals surface area contributed by atoms with E-state index in [1.54, 1.807) is 62.6 Å². The van der Waals surface area contributed by atoms with Crippen molar-refractivity contribution in [3.8, 4) is 5.75 Å². The average molecular weight is 392 g/mol. The molecule has 0 aliphatic heterocycles. The minimum absolute atomic E-state index is 0.253. The maximum atomic E-state index is 12.3. The van der Waals surface area contributed by atoms with Crippen LogP contribution < -0.4 is 15.4 Å². The minimum atomic E-state index is -0.439. The van der Waals surface area contributed by atoms with Crippen LogP contribution in [-0.2, 0) is 4.74 Å². The molecule has 0 aliphatic rings. The monoisotopic (exact) mass is 392 g/mol. The summed E-state index contributed by atoms with van der Waals surface area (Å²) in [6.07, 6.45) is 2.81. The second-order valence-corrected chi connectivity index (χ2v) is 5.87. The fourth-order valence-corrected chi connectivity index (χ4v) is 2.49. The normalized spacial score (nSPS) is 10.1. The number of hydrogen-bond acceptors (Lipinski definition) is 7. The van der Waals surface area contributed by atoms with E-state index in [4.69, 9.17) is 9.47 Å². The van der Waals surface area contributed by atoms with Gasteiger partial charge in [-0.15, -0.1) is 0 Å². The number of methoxy groups -OCH3 is 1. The van der Waals surface area contributed by atoms with E-state index in [1.807, 2.05) is 0 Å². The number of anilines is 3. The minimum Gasteiger partial charge on any atom is -0.497 e. The summed E-state index contributed by atoms with van der Waals surface area (Å²) in [5.74, 6) is 0.173. The first-order valence-corrected chi connectivity index (χ1v) is 8.91. The van der Waals surface area contributed by atoms with E-state index < -0.39 is 5.97 Å². The Kier molecular flexibility index (Phi) is 6.36. The third kappa shape index (κ3) is 5.07. The lowest BCUT2D eigenvalue weighted by molar-refractivity contribution is 0.0527. The number of nitrogens with one attached hydrogen (secondary N) is 2. The molecule has 1 heterocycles. The molecule has 29 heavy (non-hydrogen) atoms. The Morgan fingerprint density at radius 1 is 1.00 bits per heavy atom. The van der Waals surface area contributed by atoms with Crippen molar-refractivity contribution >= 4 is 29.2 Å². The quantitative estimate of drug-likeness (QED) is 0.592. The molecule has 8 heteroatoms. The van der Waals surface area contributed by atoms with Crippen molar-refractivity contribution in [1.82, 2.24) is 9.97 Å². The van der Waals surface area contributed by atoms with Crippen molar-refractivity contribution in [2.24, 2.45) is 0 Å². The number of para-hydroxylation sites is 1. The Balaban J connectivity index is 1.69. The van der Waals surface area contributed by atoms with Gasteiger partial charge in [-0.25, -0.2) is 14.8 Å². The van der Waals surface area contributed by atoms with Gasteiger partial charge in [0.05, 0.1) is 30.5 Å². The zero-order chi connectivity index (χ0) is 20.6. The average Bonchev–Trinajstić information content (AvgIpc) is 2.75. The lowest BCUT2D eigenvalue weighted by atomic mass is 10.2. The van der Waals surface area contributed by atoms with E-state index in [1.165, 1.54) is 12.4 Å². The Hall–Kier alpha value is -3.94. The molecule has 148 valence electrons. The van der Waals surface area contributed by atoms with Crippen LogP contribution in [0.2, 0.25) is 0 Å². The lowest BCUT2D eigenvalue weighted by Crippen LogP contribution is -2.13. The fraction of sp³-hybridized carbons (Fsp3) is 0.143. The second kappa shape index (κ2) is 9.32. The number of carbonyl (C=O) groups is 2. The van der Waals surface area contributed by atoms with Crippen molar-refractivity contribution in [1.29, 1.82) is 0 Å². The molecule has 0 saturated heterocycles. The molecular formula is C21H20N4O4. The lowest BCUT2D eigenvalue weighted by Gasteiger charge is -2.10. The summed E-state index contributed by atoms with van der Waals surface area (Å²) < 4.78 is 10.1. The van der Waals surface area contributed by atoms with Crippen molar-refractivity contribution in [2.75, 3.05) is 24.4 Å². The molecule has 1 aromatic heterocycles. The van der Waals surface area contributed by atoms with Gasteiger partial charge in [0, 0.05) is 18.1 Å². The van der Waals surface area contributed by atoms with Crippen LogP contribution in [0.1, 0.15) is 27.6 Å². The van der Waals surface area contributed by atoms with Crippen LogP contribution in [0.25, 0.3) is 0 Å². The molecular weight excluding hydrogens is 372 g/mol. The fourth-order valence-electron chi connectivity index (χ4n) is 2.49. The standard InChI is InChI=1S/C21H20N4O4/c1-3-29-20(27)17-6-4-5-7-18(17)25-21-22-12-14(13-23-21)19(26)24-15-8-10-16(28-2)11-9-15/h4-13H,3H2,1-2H3,(H,24,26)(H,22,23,25). The largest absolute Gasteiger partial charge is 0.497 e. The van der Waals surface area contributed by atoms with E-state index in [9.17, 15) is 9.59 Å². The molecule has 0 bridgehead atoms. The van der Waals surface area contributed by atoms with Crippen LogP contribution >= 0.6 is 0 Å². The number of nitrogens with zero attached hydrogens (tertiary/aromatic N) is 2. The molecule has 0 saturated carbocycles. The zero-order valence-corrected chi connectivity index (χ0v) is 16.0. The van der Waals surface area contributed by atoms with Crippen LogP contribution in [-0.4, -0.2) is 35.6 Å². The number of esters is 1. The summed E-state index contributed by atoms with van der Waals surface area (Å²) in [5.41, 5.74) is 1.81. The van der Waals surface area contributed by atoms with Crippen molar-refractivity contribution in [2.45, 2.75) is 6.92 Å². The van der Waals surface area contributed by atoms with Crippen molar-refractivity contribution in [3.05, 3.63) is 72.1 Å². The molecule has 2 N–H and O–H groups in total. The number of hydrogen-bond donors (Lipinski definition) is 2. The predicted molar refractivity (Wildman–Crippen MR) is 109 cm³/mol. The number of rotatable bonds is 7.